The van der Waals surface area contributed by atoms with Crippen molar-refractivity contribution < 1.29 is 27.8 Å². The Kier molecular flexibility index (Phi) is 7.03. The number of ether oxygens (including phenoxy) is 3. The van der Waals surface area contributed by atoms with Gasteiger partial charge in [0.25, 0.3) is 5.91 Å². The molecule has 5 nitrogen and oxygen atoms in total. The van der Waals surface area contributed by atoms with E-state index in [1.807, 2.05) is 0 Å². The zero-order valence-corrected chi connectivity index (χ0v) is 15.0. The van der Waals surface area contributed by atoms with Gasteiger partial charge >= 0.3 is 6.61 Å². The highest BCUT2D eigenvalue weighted by Gasteiger charge is 2.22. The molecule has 0 heterocycles. The maximum atomic E-state index is 12.7. The van der Waals surface area contributed by atoms with Crippen molar-refractivity contribution in [1.29, 1.82) is 0 Å². The van der Waals surface area contributed by atoms with Gasteiger partial charge in [0, 0.05) is 12.1 Å². The minimum Gasteiger partial charge on any atom is -0.493 e. The fourth-order valence-electron chi connectivity index (χ4n) is 2.19. The van der Waals surface area contributed by atoms with Gasteiger partial charge in [0.2, 0.25) is 0 Å². The number of hydrogen-bond acceptors (Lipinski definition) is 4. The molecular weight excluding hydrogens is 368 g/mol. The second-order valence-electron chi connectivity index (χ2n) is 5.24. The molecular formula is C18H18ClF2NO4. The molecule has 0 atom stereocenters. The molecule has 2 aromatic carbocycles. The number of halogens is 3. The lowest BCUT2D eigenvalue weighted by Crippen LogP contribution is -2.31. The average Bonchev–Trinajstić information content (AvgIpc) is 2.62. The zero-order valence-electron chi connectivity index (χ0n) is 14.2. The van der Waals surface area contributed by atoms with Crippen LogP contribution in [0.25, 0.3) is 0 Å². The van der Waals surface area contributed by atoms with Gasteiger partial charge in [-0.15, -0.1) is 0 Å². The molecule has 8 heteroatoms. The SMILES string of the molecule is COc1cccc(C(=O)N(C)CCOc2ccc(Cl)cc2)c1OC(F)F. The van der Waals surface area contributed by atoms with Crippen LogP contribution in [0.1, 0.15) is 10.4 Å². The molecule has 0 saturated heterocycles. The summed E-state index contributed by atoms with van der Waals surface area (Å²) >= 11 is 5.80. The normalized spacial score (nSPS) is 10.5. The maximum absolute atomic E-state index is 12.7. The van der Waals surface area contributed by atoms with Gasteiger partial charge in [-0.25, -0.2) is 0 Å². The molecule has 0 aliphatic heterocycles. The van der Waals surface area contributed by atoms with E-state index >= 15 is 0 Å². The molecule has 0 bridgehead atoms. The van der Waals surface area contributed by atoms with Crippen LogP contribution in [-0.4, -0.2) is 44.7 Å². The predicted molar refractivity (Wildman–Crippen MR) is 93.5 cm³/mol. The molecule has 0 aromatic heterocycles. The molecule has 0 fully saturated rings. The molecule has 2 aromatic rings. The first-order chi connectivity index (χ1) is 12.4. The molecule has 140 valence electrons. The highest BCUT2D eigenvalue weighted by atomic mass is 35.5. The van der Waals surface area contributed by atoms with Gasteiger partial charge in [-0.2, -0.15) is 8.78 Å². The van der Waals surface area contributed by atoms with Crippen molar-refractivity contribution in [3.05, 3.63) is 53.1 Å². The van der Waals surface area contributed by atoms with Crippen LogP contribution in [0.3, 0.4) is 0 Å². The Labute approximate surface area is 155 Å². The predicted octanol–water partition coefficient (Wildman–Crippen LogP) is 4.10. The van der Waals surface area contributed by atoms with Crippen LogP contribution >= 0.6 is 11.6 Å². The van der Waals surface area contributed by atoms with E-state index in [4.69, 9.17) is 21.1 Å². The third-order valence-corrected chi connectivity index (χ3v) is 3.74. The number of hydrogen-bond donors (Lipinski definition) is 0. The molecule has 0 spiro atoms. The third kappa shape index (κ3) is 5.23. The monoisotopic (exact) mass is 385 g/mol. The van der Waals surface area contributed by atoms with Crippen LogP contribution < -0.4 is 14.2 Å². The summed E-state index contributed by atoms with van der Waals surface area (Å²) < 4.78 is 40.3. The first kappa shape index (κ1) is 19.8. The van der Waals surface area contributed by atoms with Crippen LogP contribution in [0.2, 0.25) is 5.02 Å². The standard InChI is InChI=1S/C18H18ClF2NO4/c1-22(10-11-25-13-8-6-12(19)7-9-13)17(23)14-4-3-5-15(24-2)16(14)26-18(20)21/h3-9,18H,10-11H2,1-2H3. The van der Waals surface area contributed by atoms with E-state index in [1.165, 1.54) is 30.2 Å². The summed E-state index contributed by atoms with van der Waals surface area (Å²) in [4.78, 5) is 13.9. The van der Waals surface area contributed by atoms with E-state index in [9.17, 15) is 13.6 Å². The van der Waals surface area contributed by atoms with Crippen LogP contribution in [0.5, 0.6) is 17.2 Å². The largest absolute Gasteiger partial charge is 0.493 e. The summed E-state index contributed by atoms with van der Waals surface area (Å²) in [7, 11) is 2.85. The van der Waals surface area contributed by atoms with Crippen molar-refractivity contribution in [3.63, 3.8) is 0 Å². The summed E-state index contributed by atoms with van der Waals surface area (Å²) in [6, 6.07) is 11.2. The molecule has 26 heavy (non-hydrogen) atoms. The number of para-hydroxylation sites is 1. The van der Waals surface area contributed by atoms with E-state index < -0.39 is 12.5 Å². The van der Waals surface area contributed by atoms with Gasteiger partial charge in [-0.1, -0.05) is 17.7 Å². The Morgan fingerprint density at radius 3 is 2.50 bits per heavy atom. The van der Waals surface area contributed by atoms with Gasteiger partial charge in [-0.05, 0) is 36.4 Å². The Balaban J connectivity index is 2.04. The van der Waals surface area contributed by atoms with Crippen LogP contribution in [0.15, 0.2) is 42.5 Å². The van der Waals surface area contributed by atoms with Crippen molar-refractivity contribution in [2.24, 2.45) is 0 Å². The molecule has 1 amide bonds. The van der Waals surface area contributed by atoms with E-state index in [2.05, 4.69) is 4.74 Å². The van der Waals surface area contributed by atoms with Gasteiger partial charge in [0.05, 0.1) is 19.2 Å². The number of benzene rings is 2. The second kappa shape index (κ2) is 9.24. The van der Waals surface area contributed by atoms with Crippen molar-refractivity contribution in [2.45, 2.75) is 6.61 Å². The lowest BCUT2D eigenvalue weighted by atomic mass is 10.1. The summed E-state index contributed by atoms with van der Waals surface area (Å²) in [5, 5.41) is 0.592. The van der Waals surface area contributed by atoms with Crippen molar-refractivity contribution in [1.82, 2.24) is 4.90 Å². The number of amides is 1. The Morgan fingerprint density at radius 1 is 1.19 bits per heavy atom. The molecule has 0 unspecified atom stereocenters. The number of carbonyl (C=O) groups is 1. The van der Waals surface area contributed by atoms with Gasteiger partial charge < -0.3 is 19.1 Å². The van der Waals surface area contributed by atoms with E-state index in [-0.39, 0.29) is 30.2 Å². The molecule has 0 aliphatic rings. The zero-order chi connectivity index (χ0) is 19.1. The lowest BCUT2D eigenvalue weighted by Gasteiger charge is -2.20. The number of rotatable bonds is 8. The number of likely N-dealkylation sites (N-methyl/N-ethyl adjacent to an activating group) is 1. The molecule has 0 N–H and O–H groups in total. The fraction of sp³-hybridized carbons (Fsp3) is 0.278. The summed E-state index contributed by atoms with van der Waals surface area (Å²) in [5.41, 5.74) is -0.0151. The minimum atomic E-state index is -3.07. The second-order valence-corrected chi connectivity index (χ2v) is 5.68. The first-order valence-electron chi connectivity index (χ1n) is 7.68. The summed E-state index contributed by atoms with van der Waals surface area (Å²) in [6.07, 6.45) is 0. The maximum Gasteiger partial charge on any atom is 0.387 e. The number of carbonyl (C=O) groups excluding carboxylic acids is 1. The highest BCUT2D eigenvalue weighted by Crippen LogP contribution is 2.33. The molecule has 0 saturated carbocycles. The van der Waals surface area contributed by atoms with Crippen molar-refractivity contribution in [3.8, 4) is 17.2 Å². The van der Waals surface area contributed by atoms with E-state index in [0.29, 0.717) is 10.8 Å². The molecule has 0 radical (unpaired) electrons. The van der Waals surface area contributed by atoms with E-state index in [1.54, 1.807) is 31.3 Å². The van der Waals surface area contributed by atoms with Gasteiger partial charge in [0.15, 0.2) is 11.5 Å². The van der Waals surface area contributed by atoms with E-state index in [0.717, 1.165) is 0 Å². The first-order valence-corrected chi connectivity index (χ1v) is 8.05. The average molecular weight is 386 g/mol. The number of methoxy groups -OCH3 is 1. The quantitative estimate of drug-likeness (QED) is 0.686. The molecule has 0 aliphatic carbocycles. The topological polar surface area (TPSA) is 48.0 Å². The van der Waals surface area contributed by atoms with Crippen molar-refractivity contribution in [2.75, 3.05) is 27.3 Å². The van der Waals surface area contributed by atoms with Crippen molar-refractivity contribution >= 4 is 17.5 Å². The van der Waals surface area contributed by atoms with Crippen LogP contribution in [0.4, 0.5) is 8.78 Å². The highest BCUT2D eigenvalue weighted by molar-refractivity contribution is 6.30. The summed E-state index contributed by atoms with van der Waals surface area (Å²) in [6.45, 7) is -2.61. The lowest BCUT2D eigenvalue weighted by molar-refractivity contribution is -0.0516. The van der Waals surface area contributed by atoms with Gasteiger partial charge in [0.1, 0.15) is 12.4 Å². The Morgan fingerprint density at radius 2 is 1.88 bits per heavy atom. The molecule has 2 rings (SSSR count). The van der Waals surface area contributed by atoms with Gasteiger partial charge in [-0.3, -0.25) is 4.79 Å². The number of nitrogens with zero attached hydrogens (tertiary/aromatic N) is 1. The third-order valence-electron chi connectivity index (χ3n) is 3.49. The van der Waals surface area contributed by atoms with Crippen LogP contribution in [-0.2, 0) is 0 Å². The fourth-order valence-corrected chi connectivity index (χ4v) is 2.32. The Bertz CT molecular complexity index is 740. The smallest absolute Gasteiger partial charge is 0.387 e. The van der Waals surface area contributed by atoms with Crippen LogP contribution in [0, 0.1) is 0 Å². The summed E-state index contributed by atoms with van der Waals surface area (Å²) in [5.74, 6) is -0.111. The Hall–Kier alpha value is -2.54. The number of alkyl halides is 2. The minimum absolute atomic E-state index is 0.0151.